The van der Waals surface area contributed by atoms with Gasteiger partial charge in [0, 0.05) is 20.6 Å². The van der Waals surface area contributed by atoms with Gasteiger partial charge in [0.25, 0.3) is 0 Å². The van der Waals surface area contributed by atoms with Gasteiger partial charge in [-0.2, -0.15) is 15.0 Å². The molecular weight excluding hydrogens is 250 g/mol. The van der Waals surface area contributed by atoms with E-state index in [1.165, 1.54) is 19.3 Å². The van der Waals surface area contributed by atoms with Crippen LogP contribution in [0.5, 0.6) is 0 Å². The smallest absolute Gasteiger partial charge is 0.230 e. The summed E-state index contributed by atoms with van der Waals surface area (Å²) in [5.41, 5.74) is 0. The molecule has 2 unspecified atom stereocenters. The average Bonchev–Trinajstić information content (AvgIpc) is 2.71. The lowest BCUT2D eigenvalue weighted by Crippen LogP contribution is -2.19. The predicted octanol–water partition coefficient (Wildman–Crippen LogP) is 2.44. The third-order valence-corrected chi connectivity index (χ3v) is 3.73. The summed E-state index contributed by atoms with van der Waals surface area (Å²) in [6.45, 7) is 3.22. The Morgan fingerprint density at radius 2 is 2.06 bits per heavy atom. The lowest BCUT2D eigenvalue weighted by Gasteiger charge is -2.16. The molecule has 1 saturated carbocycles. The average molecular weight is 270 g/mol. The van der Waals surface area contributed by atoms with Crippen LogP contribution >= 0.6 is 11.6 Å². The van der Waals surface area contributed by atoms with Crippen LogP contribution in [0.3, 0.4) is 0 Å². The summed E-state index contributed by atoms with van der Waals surface area (Å²) in [7, 11) is 3.77. The highest BCUT2D eigenvalue weighted by atomic mass is 35.5. The zero-order valence-electron chi connectivity index (χ0n) is 11.1. The second kappa shape index (κ2) is 5.69. The predicted molar refractivity (Wildman–Crippen MR) is 74.2 cm³/mol. The molecule has 1 aromatic rings. The number of rotatable bonds is 4. The van der Waals surface area contributed by atoms with Crippen LogP contribution in [0.15, 0.2) is 0 Å². The SMILES string of the molecule is CC1CCCC1CNc1nc(Cl)nc(N(C)C)n1. The van der Waals surface area contributed by atoms with E-state index in [0.717, 1.165) is 12.5 Å². The molecule has 2 atom stereocenters. The van der Waals surface area contributed by atoms with E-state index in [-0.39, 0.29) is 5.28 Å². The minimum absolute atomic E-state index is 0.232. The highest BCUT2D eigenvalue weighted by Gasteiger charge is 2.23. The molecule has 18 heavy (non-hydrogen) atoms. The highest BCUT2D eigenvalue weighted by molar-refractivity contribution is 6.28. The molecule has 0 bridgehead atoms. The molecule has 5 nitrogen and oxygen atoms in total. The number of aromatic nitrogens is 3. The van der Waals surface area contributed by atoms with Gasteiger partial charge in [0.05, 0.1) is 0 Å². The molecule has 1 aromatic heterocycles. The Kier molecular flexibility index (Phi) is 4.22. The number of hydrogen-bond donors (Lipinski definition) is 1. The fraction of sp³-hybridized carbons (Fsp3) is 0.750. The van der Waals surface area contributed by atoms with Crippen molar-refractivity contribution < 1.29 is 0 Å². The van der Waals surface area contributed by atoms with Crippen LogP contribution in [-0.2, 0) is 0 Å². The second-order valence-electron chi connectivity index (χ2n) is 5.17. The van der Waals surface area contributed by atoms with Crippen LogP contribution < -0.4 is 10.2 Å². The molecule has 1 fully saturated rings. The zero-order chi connectivity index (χ0) is 13.1. The zero-order valence-corrected chi connectivity index (χ0v) is 11.9. The molecule has 1 aliphatic rings. The number of halogens is 1. The third-order valence-electron chi connectivity index (χ3n) is 3.56. The van der Waals surface area contributed by atoms with Crippen LogP contribution in [-0.4, -0.2) is 35.6 Å². The molecular formula is C12H20ClN5. The number of nitrogens with one attached hydrogen (secondary N) is 1. The maximum atomic E-state index is 5.89. The van der Waals surface area contributed by atoms with Crippen molar-refractivity contribution in [1.82, 2.24) is 15.0 Å². The Balaban J connectivity index is 2.00. The fourth-order valence-corrected chi connectivity index (χ4v) is 2.52. The van der Waals surface area contributed by atoms with Gasteiger partial charge in [-0.05, 0) is 29.9 Å². The maximum absolute atomic E-state index is 5.89. The van der Waals surface area contributed by atoms with Gasteiger partial charge in [0.15, 0.2) is 0 Å². The summed E-state index contributed by atoms with van der Waals surface area (Å²) < 4.78 is 0. The van der Waals surface area contributed by atoms with E-state index in [0.29, 0.717) is 17.8 Å². The first kappa shape index (κ1) is 13.3. The molecule has 1 N–H and O–H groups in total. The number of hydrogen-bond acceptors (Lipinski definition) is 5. The van der Waals surface area contributed by atoms with Gasteiger partial charge in [-0.25, -0.2) is 0 Å². The summed E-state index contributed by atoms with van der Waals surface area (Å²) in [5.74, 6) is 2.64. The van der Waals surface area contributed by atoms with Crippen LogP contribution in [0.2, 0.25) is 5.28 Å². The summed E-state index contributed by atoms with van der Waals surface area (Å²) in [6.07, 6.45) is 3.94. The maximum Gasteiger partial charge on any atom is 0.230 e. The van der Waals surface area contributed by atoms with Crippen LogP contribution in [0.1, 0.15) is 26.2 Å². The Labute approximate surface area is 113 Å². The van der Waals surface area contributed by atoms with E-state index < -0.39 is 0 Å². The van der Waals surface area contributed by atoms with Crippen LogP contribution in [0, 0.1) is 11.8 Å². The Morgan fingerprint density at radius 1 is 1.28 bits per heavy atom. The number of nitrogens with zero attached hydrogens (tertiary/aromatic N) is 4. The molecule has 1 heterocycles. The van der Waals surface area contributed by atoms with E-state index in [1.807, 2.05) is 19.0 Å². The van der Waals surface area contributed by atoms with Crippen LogP contribution in [0.25, 0.3) is 0 Å². The monoisotopic (exact) mass is 269 g/mol. The number of anilines is 2. The second-order valence-corrected chi connectivity index (χ2v) is 5.51. The van der Waals surface area contributed by atoms with Crippen molar-refractivity contribution in [3.05, 3.63) is 5.28 Å². The van der Waals surface area contributed by atoms with Crippen molar-refractivity contribution >= 4 is 23.5 Å². The van der Waals surface area contributed by atoms with E-state index in [2.05, 4.69) is 27.2 Å². The lowest BCUT2D eigenvalue weighted by atomic mass is 9.98. The van der Waals surface area contributed by atoms with Gasteiger partial charge in [-0.15, -0.1) is 0 Å². The molecule has 0 radical (unpaired) electrons. The largest absolute Gasteiger partial charge is 0.354 e. The molecule has 0 saturated heterocycles. The summed E-state index contributed by atoms with van der Waals surface area (Å²) in [6, 6.07) is 0. The minimum atomic E-state index is 0.232. The van der Waals surface area contributed by atoms with E-state index in [1.54, 1.807) is 0 Å². The van der Waals surface area contributed by atoms with E-state index in [4.69, 9.17) is 11.6 Å². The summed E-state index contributed by atoms with van der Waals surface area (Å²) >= 11 is 5.89. The lowest BCUT2D eigenvalue weighted by molar-refractivity contribution is 0.439. The molecule has 0 aromatic carbocycles. The van der Waals surface area contributed by atoms with Crippen molar-refractivity contribution in [2.24, 2.45) is 11.8 Å². The summed E-state index contributed by atoms with van der Waals surface area (Å²) in [4.78, 5) is 14.3. The van der Waals surface area contributed by atoms with E-state index >= 15 is 0 Å². The quantitative estimate of drug-likeness (QED) is 0.910. The molecule has 0 spiro atoms. The van der Waals surface area contributed by atoms with Gasteiger partial charge >= 0.3 is 0 Å². The molecule has 1 aliphatic carbocycles. The third kappa shape index (κ3) is 3.22. The standard InChI is InChI=1S/C12H20ClN5/c1-8-5-4-6-9(8)7-14-11-15-10(13)16-12(17-11)18(2)3/h8-9H,4-7H2,1-3H3,(H,14,15,16,17). The molecule has 6 heteroatoms. The topological polar surface area (TPSA) is 53.9 Å². The normalized spacial score (nSPS) is 23.1. The molecule has 0 aliphatic heterocycles. The first-order valence-corrected chi connectivity index (χ1v) is 6.77. The Morgan fingerprint density at radius 3 is 2.67 bits per heavy atom. The van der Waals surface area contributed by atoms with Crippen molar-refractivity contribution in [1.29, 1.82) is 0 Å². The fourth-order valence-electron chi connectivity index (χ4n) is 2.37. The van der Waals surface area contributed by atoms with Gasteiger partial charge in [0.1, 0.15) is 0 Å². The van der Waals surface area contributed by atoms with Crippen LogP contribution in [0.4, 0.5) is 11.9 Å². The van der Waals surface area contributed by atoms with Gasteiger partial charge in [-0.1, -0.05) is 19.8 Å². The molecule has 100 valence electrons. The van der Waals surface area contributed by atoms with Crippen molar-refractivity contribution in [2.75, 3.05) is 30.9 Å². The van der Waals surface area contributed by atoms with Gasteiger partial charge in [0.2, 0.25) is 17.2 Å². The first-order chi connectivity index (χ1) is 8.56. The Bertz CT molecular complexity index is 409. The first-order valence-electron chi connectivity index (χ1n) is 6.39. The molecule has 0 amide bonds. The van der Waals surface area contributed by atoms with Gasteiger partial charge < -0.3 is 10.2 Å². The Hall–Kier alpha value is -1.10. The van der Waals surface area contributed by atoms with Gasteiger partial charge in [-0.3, -0.25) is 0 Å². The van der Waals surface area contributed by atoms with Crippen molar-refractivity contribution in [2.45, 2.75) is 26.2 Å². The molecule has 2 rings (SSSR count). The van der Waals surface area contributed by atoms with Crippen molar-refractivity contribution in [3.63, 3.8) is 0 Å². The van der Waals surface area contributed by atoms with Crippen molar-refractivity contribution in [3.8, 4) is 0 Å². The summed E-state index contributed by atoms with van der Waals surface area (Å²) in [5, 5.41) is 3.51. The van der Waals surface area contributed by atoms with E-state index in [9.17, 15) is 0 Å². The highest BCUT2D eigenvalue weighted by Crippen LogP contribution is 2.31. The minimum Gasteiger partial charge on any atom is -0.354 e.